The largest absolute Gasteiger partial charge is 0.495 e. The van der Waals surface area contributed by atoms with Gasteiger partial charge in [-0.25, -0.2) is 0 Å². The highest BCUT2D eigenvalue weighted by Crippen LogP contribution is 2.27. The van der Waals surface area contributed by atoms with Crippen LogP contribution in [-0.2, 0) is 0 Å². The van der Waals surface area contributed by atoms with Crippen molar-refractivity contribution in [3.05, 3.63) is 45.9 Å². The molecular weight excluding hydrogens is 220 g/mol. The Hall–Kier alpha value is -1.39. The van der Waals surface area contributed by atoms with E-state index in [4.69, 9.17) is 10.5 Å². The molecule has 4 heteroatoms. The summed E-state index contributed by atoms with van der Waals surface area (Å²) in [6.45, 7) is 2.07. The highest BCUT2D eigenvalue weighted by molar-refractivity contribution is 7.12. The molecule has 0 amide bonds. The second-order valence-corrected chi connectivity index (χ2v) is 4.90. The van der Waals surface area contributed by atoms with Gasteiger partial charge in [0.1, 0.15) is 5.75 Å². The second-order valence-electron chi connectivity index (χ2n) is 3.58. The Bertz CT molecular complexity index is 481. The van der Waals surface area contributed by atoms with Gasteiger partial charge in [-0.15, -0.1) is 11.3 Å². The molecule has 0 radical (unpaired) electrons. The maximum atomic E-state index is 6.17. The molecule has 0 fully saturated rings. The Morgan fingerprint density at radius 2 is 2.19 bits per heavy atom. The molecule has 16 heavy (non-hydrogen) atoms. The Kier molecular flexibility index (Phi) is 3.22. The number of thiophene rings is 1. The van der Waals surface area contributed by atoms with E-state index in [-0.39, 0.29) is 6.04 Å². The van der Waals surface area contributed by atoms with Gasteiger partial charge >= 0.3 is 0 Å². The third-order valence-electron chi connectivity index (χ3n) is 2.40. The van der Waals surface area contributed by atoms with E-state index in [2.05, 4.69) is 24.0 Å². The van der Waals surface area contributed by atoms with Crippen LogP contribution in [0.1, 0.15) is 21.4 Å². The first kappa shape index (κ1) is 11.1. The van der Waals surface area contributed by atoms with Crippen molar-refractivity contribution < 1.29 is 4.74 Å². The molecule has 2 N–H and O–H groups in total. The minimum atomic E-state index is -0.124. The Morgan fingerprint density at radius 3 is 2.81 bits per heavy atom. The van der Waals surface area contributed by atoms with E-state index in [1.54, 1.807) is 30.8 Å². The van der Waals surface area contributed by atoms with E-state index in [0.29, 0.717) is 0 Å². The van der Waals surface area contributed by atoms with Crippen LogP contribution in [0.3, 0.4) is 0 Å². The molecule has 0 aromatic carbocycles. The monoisotopic (exact) mass is 234 g/mol. The zero-order valence-corrected chi connectivity index (χ0v) is 10.1. The first-order valence-corrected chi connectivity index (χ1v) is 5.83. The molecule has 0 aliphatic rings. The Balaban J connectivity index is 2.29. The molecule has 2 rings (SSSR count). The molecule has 84 valence electrons. The number of pyridine rings is 1. The lowest BCUT2D eigenvalue weighted by atomic mass is 10.1. The molecule has 2 heterocycles. The van der Waals surface area contributed by atoms with E-state index < -0.39 is 0 Å². The van der Waals surface area contributed by atoms with Gasteiger partial charge in [0.15, 0.2) is 0 Å². The van der Waals surface area contributed by atoms with Crippen molar-refractivity contribution in [2.24, 2.45) is 5.73 Å². The Labute approximate surface area is 98.9 Å². The molecule has 0 aliphatic heterocycles. The molecule has 1 unspecified atom stereocenters. The standard InChI is InChI=1S/C12H14N2OS/c1-8-3-4-11(16-8)12(13)9-5-10(15-2)7-14-6-9/h3-7,12H,13H2,1-2H3. The minimum absolute atomic E-state index is 0.124. The fourth-order valence-corrected chi connectivity index (χ4v) is 2.41. The summed E-state index contributed by atoms with van der Waals surface area (Å²) in [5, 5.41) is 0. The zero-order valence-electron chi connectivity index (χ0n) is 9.31. The van der Waals surface area contributed by atoms with Crippen molar-refractivity contribution in [3.8, 4) is 5.75 Å². The van der Waals surface area contributed by atoms with Gasteiger partial charge in [0.05, 0.1) is 19.3 Å². The maximum absolute atomic E-state index is 6.17. The topological polar surface area (TPSA) is 48.1 Å². The van der Waals surface area contributed by atoms with E-state index in [1.807, 2.05) is 6.07 Å². The molecule has 2 aromatic heterocycles. The molecule has 2 aromatic rings. The molecule has 0 saturated heterocycles. The summed E-state index contributed by atoms with van der Waals surface area (Å²) in [4.78, 5) is 6.52. The molecule has 3 nitrogen and oxygen atoms in total. The van der Waals surface area contributed by atoms with E-state index in [0.717, 1.165) is 16.2 Å². The summed E-state index contributed by atoms with van der Waals surface area (Å²) in [7, 11) is 1.63. The van der Waals surface area contributed by atoms with Crippen LogP contribution < -0.4 is 10.5 Å². The van der Waals surface area contributed by atoms with Crippen LogP contribution in [0.4, 0.5) is 0 Å². The Morgan fingerprint density at radius 1 is 1.38 bits per heavy atom. The summed E-state index contributed by atoms with van der Waals surface area (Å²) < 4.78 is 5.13. The van der Waals surface area contributed by atoms with Gasteiger partial charge in [-0.05, 0) is 30.7 Å². The third kappa shape index (κ3) is 2.23. The average Bonchev–Trinajstić information content (AvgIpc) is 2.75. The number of aryl methyl sites for hydroxylation is 1. The fourth-order valence-electron chi connectivity index (χ4n) is 1.50. The predicted molar refractivity (Wildman–Crippen MR) is 65.9 cm³/mol. The summed E-state index contributed by atoms with van der Waals surface area (Å²) in [5.41, 5.74) is 7.14. The van der Waals surface area contributed by atoms with Gasteiger partial charge in [0.2, 0.25) is 0 Å². The van der Waals surface area contributed by atoms with Crippen LogP contribution in [0.15, 0.2) is 30.6 Å². The van der Waals surface area contributed by atoms with Gasteiger partial charge < -0.3 is 10.5 Å². The fraction of sp³-hybridized carbons (Fsp3) is 0.250. The lowest BCUT2D eigenvalue weighted by molar-refractivity contribution is 0.412. The summed E-state index contributed by atoms with van der Waals surface area (Å²) >= 11 is 1.71. The normalized spacial score (nSPS) is 12.4. The summed E-state index contributed by atoms with van der Waals surface area (Å²) in [6.07, 6.45) is 3.46. The van der Waals surface area contributed by atoms with Gasteiger partial charge in [-0.3, -0.25) is 4.98 Å². The van der Waals surface area contributed by atoms with Crippen LogP contribution in [0.2, 0.25) is 0 Å². The smallest absolute Gasteiger partial charge is 0.137 e. The van der Waals surface area contributed by atoms with Crippen LogP contribution in [0.5, 0.6) is 5.75 Å². The molecule has 0 spiro atoms. The van der Waals surface area contributed by atoms with E-state index >= 15 is 0 Å². The van der Waals surface area contributed by atoms with Crippen LogP contribution in [-0.4, -0.2) is 12.1 Å². The summed E-state index contributed by atoms with van der Waals surface area (Å²) in [5.74, 6) is 0.737. The molecular formula is C12H14N2OS. The minimum Gasteiger partial charge on any atom is -0.495 e. The van der Waals surface area contributed by atoms with Gasteiger partial charge in [0, 0.05) is 16.0 Å². The van der Waals surface area contributed by atoms with Crippen LogP contribution >= 0.6 is 11.3 Å². The van der Waals surface area contributed by atoms with Gasteiger partial charge in [-0.2, -0.15) is 0 Å². The number of ether oxygens (including phenoxy) is 1. The lowest BCUT2D eigenvalue weighted by Gasteiger charge is -2.10. The molecule has 0 saturated carbocycles. The van der Waals surface area contributed by atoms with Crippen molar-refractivity contribution in [1.29, 1.82) is 0 Å². The average molecular weight is 234 g/mol. The van der Waals surface area contributed by atoms with Gasteiger partial charge in [-0.1, -0.05) is 0 Å². The highest BCUT2D eigenvalue weighted by Gasteiger charge is 2.11. The van der Waals surface area contributed by atoms with Gasteiger partial charge in [0.25, 0.3) is 0 Å². The molecule has 1 atom stereocenters. The van der Waals surface area contributed by atoms with Crippen molar-refractivity contribution >= 4 is 11.3 Å². The second kappa shape index (κ2) is 4.63. The van der Waals surface area contributed by atoms with Crippen molar-refractivity contribution in [2.75, 3.05) is 7.11 Å². The number of nitrogens with zero attached hydrogens (tertiary/aromatic N) is 1. The first-order chi connectivity index (χ1) is 7.70. The number of rotatable bonds is 3. The lowest BCUT2D eigenvalue weighted by Crippen LogP contribution is -2.10. The maximum Gasteiger partial charge on any atom is 0.137 e. The summed E-state index contributed by atoms with van der Waals surface area (Å²) in [6, 6.07) is 5.94. The molecule has 0 aliphatic carbocycles. The highest BCUT2D eigenvalue weighted by atomic mass is 32.1. The zero-order chi connectivity index (χ0) is 11.5. The van der Waals surface area contributed by atoms with Crippen LogP contribution in [0, 0.1) is 6.92 Å². The number of aromatic nitrogens is 1. The first-order valence-electron chi connectivity index (χ1n) is 5.01. The number of hydrogen-bond donors (Lipinski definition) is 1. The van der Waals surface area contributed by atoms with Crippen molar-refractivity contribution in [3.63, 3.8) is 0 Å². The number of methoxy groups -OCH3 is 1. The molecule has 0 bridgehead atoms. The predicted octanol–water partition coefficient (Wildman–Crippen LogP) is 2.51. The quantitative estimate of drug-likeness (QED) is 0.887. The SMILES string of the molecule is COc1cncc(C(N)c2ccc(C)s2)c1. The number of hydrogen-bond acceptors (Lipinski definition) is 4. The third-order valence-corrected chi connectivity index (χ3v) is 3.48. The van der Waals surface area contributed by atoms with Crippen LogP contribution in [0.25, 0.3) is 0 Å². The van der Waals surface area contributed by atoms with Crippen molar-refractivity contribution in [1.82, 2.24) is 4.98 Å². The number of nitrogens with two attached hydrogens (primary N) is 1. The van der Waals surface area contributed by atoms with Crippen molar-refractivity contribution in [2.45, 2.75) is 13.0 Å². The van der Waals surface area contributed by atoms with E-state index in [1.165, 1.54) is 4.88 Å². The van der Waals surface area contributed by atoms with E-state index in [9.17, 15) is 0 Å².